The van der Waals surface area contributed by atoms with Gasteiger partial charge in [0.2, 0.25) is 0 Å². The Bertz CT molecular complexity index is 644. The van der Waals surface area contributed by atoms with Gasteiger partial charge in [-0.25, -0.2) is 4.79 Å². The molecule has 1 aliphatic rings. The standard InChI is InChI=1S/C15H19N3O2.ClH/c1-20-13-4-2-3-11(9-13)14-10-18(15(19)17-14)12-5-7-16-8-6-12;/h2-4,9-10,12,16H,5-8H2,1H3,(H,17,19);1H. The molecule has 0 aliphatic carbocycles. The topological polar surface area (TPSA) is 59.0 Å². The lowest BCUT2D eigenvalue weighted by molar-refractivity contribution is 0.361. The lowest BCUT2D eigenvalue weighted by Crippen LogP contribution is -2.32. The van der Waals surface area contributed by atoms with Crippen molar-refractivity contribution in [3.63, 3.8) is 0 Å². The summed E-state index contributed by atoms with van der Waals surface area (Å²) in [5.41, 5.74) is 1.77. The van der Waals surface area contributed by atoms with E-state index >= 15 is 0 Å². The fraction of sp³-hybridized carbons (Fsp3) is 0.400. The van der Waals surface area contributed by atoms with E-state index in [-0.39, 0.29) is 18.1 Å². The first-order chi connectivity index (χ1) is 9.78. The number of aromatic amines is 1. The van der Waals surface area contributed by atoms with E-state index in [1.54, 1.807) is 7.11 Å². The molecule has 1 aromatic heterocycles. The van der Waals surface area contributed by atoms with Gasteiger partial charge < -0.3 is 15.0 Å². The highest BCUT2D eigenvalue weighted by molar-refractivity contribution is 5.85. The van der Waals surface area contributed by atoms with Gasteiger partial charge in [0.25, 0.3) is 0 Å². The second kappa shape index (κ2) is 6.83. The van der Waals surface area contributed by atoms with E-state index in [0.29, 0.717) is 6.04 Å². The number of halogens is 1. The molecule has 2 aromatic rings. The Hall–Kier alpha value is -1.72. The SMILES string of the molecule is COc1cccc(-c2cn(C3CCNCC3)c(=O)[nH]2)c1.Cl. The van der Waals surface area contributed by atoms with Crippen molar-refractivity contribution in [3.8, 4) is 17.0 Å². The molecule has 0 atom stereocenters. The molecule has 0 bridgehead atoms. The molecule has 114 valence electrons. The molecule has 5 nitrogen and oxygen atoms in total. The maximum atomic E-state index is 12.1. The van der Waals surface area contributed by atoms with Crippen molar-refractivity contribution in [2.45, 2.75) is 18.9 Å². The number of hydrogen-bond acceptors (Lipinski definition) is 3. The Balaban J connectivity index is 0.00000161. The number of piperidine rings is 1. The quantitative estimate of drug-likeness (QED) is 0.914. The van der Waals surface area contributed by atoms with Crippen LogP contribution in [-0.2, 0) is 0 Å². The summed E-state index contributed by atoms with van der Waals surface area (Å²) in [5.74, 6) is 0.790. The van der Waals surface area contributed by atoms with Crippen LogP contribution in [-0.4, -0.2) is 29.8 Å². The number of methoxy groups -OCH3 is 1. The number of H-pyrrole nitrogens is 1. The van der Waals surface area contributed by atoms with Crippen molar-refractivity contribution in [1.82, 2.24) is 14.9 Å². The van der Waals surface area contributed by atoms with Gasteiger partial charge in [0, 0.05) is 17.8 Å². The molecule has 21 heavy (non-hydrogen) atoms. The molecule has 1 fully saturated rings. The van der Waals surface area contributed by atoms with Crippen LogP contribution in [0, 0.1) is 0 Å². The van der Waals surface area contributed by atoms with Crippen LogP contribution >= 0.6 is 12.4 Å². The number of imidazole rings is 1. The summed E-state index contributed by atoms with van der Waals surface area (Å²) in [5, 5.41) is 3.32. The van der Waals surface area contributed by atoms with Gasteiger partial charge in [0.1, 0.15) is 5.75 Å². The number of ether oxygens (including phenoxy) is 1. The minimum absolute atomic E-state index is 0. The van der Waals surface area contributed by atoms with Gasteiger partial charge in [-0.2, -0.15) is 0 Å². The maximum Gasteiger partial charge on any atom is 0.326 e. The highest BCUT2D eigenvalue weighted by atomic mass is 35.5. The van der Waals surface area contributed by atoms with Crippen LogP contribution in [0.3, 0.4) is 0 Å². The first kappa shape index (κ1) is 15.7. The summed E-state index contributed by atoms with van der Waals surface area (Å²) in [6, 6.07) is 8.01. The molecular weight excluding hydrogens is 290 g/mol. The fourth-order valence-corrected chi connectivity index (χ4v) is 2.70. The van der Waals surface area contributed by atoms with Gasteiger partial charge in [0.05, 0.1) is 12.8 Å². The van der Waals surface area contributed by atoms with Crippen LogP contribution in [0.5, 0.6) is 5.75 Å². The van der Waals surface area contributed by atoms with Gasteiger partial charge >= 0.3 is 5.69 Å². The third-order valence-electron chi connectivity index (χ3n) is 3.83. The van der Waals surface area contributed by atoms with Crippen LogP contribution in [0.15, 0.2) is 35.3 Å². The Morgan fingerprint density at radius 3 is 2.76 bits per heavy atom. The van der Waals surface area contributed by atoms with Crippen LogP contribution in [0.2, 0.25) is 0 Å². The van der Waals surface area contributed by atoms with E-state index in [4.69, 9.17) is 4.74 Å². The number of nitrogens with zero attached hydrogens (tertiary/aromatic N) is 1. The third kappa shape index (κ3) is 3.31. The number of hydrogen-bond donors (Lipinski definition) is 2. The highest BCUT2D eigenvalue weighted by Crippen LogP contribution is 2.23. The first-order valence-corrected chi connectivity index (χ1v) is 6.94. The lowest BCUT2D eigenvalue weighted by Gasteiger charge is -2.22. The van der Waals surface area contributed by atoms with E-state index in [1.165, 1.54) is 0 Å². The van der Waals surface area contributed by atoms with E-state index in [9.17, 15) is 4.79 Å². The minimum atomic E-state index is -0.0327. The molecular formula is C15H20ClN3O2. The number of aromatic nitrogens is 2. The molecule has 6 heteroatoms. The van der Waals surface area contributed by atoms with E-state index in [0.717, 1.165) is 42.9 Å². The average Bonchev–Trinajstić information content (AvgIpc) is 2.90. The van der Waals surface area contributed by atoms with Gasteiger partial charge in [-0.05, 0) is 38.1 Å². The van der Waals surface area contributed by atoms with E-state index in [2.05, 4.69) is 10.3 Å². The smallest absolute Gasteiger partial charge is 0.326 e. The molecule has 3 rings (SSSR count). The molecule has 0 amide bonds. The van der Waals surface area contributed by atoms with E-state index in [1.807, 2.05) is 35.0 Å². The fourth-order valence-electron chi connectivity index (χ4n) is 2.70. The van der Waals surface area contributed by atoms with Crippen LogP contribution in [0.25, 0.3) is 11.3 Å². The van der Waals surface area contributed by atoms with Crippen LogP contribution in [0.1, 0.15) is 18.9 Å². The molecule has 0 radical (unpaired) electrons. The summed E-state index contributed by atoms with van der Waals surface area (Å²) in [7, 11) is 1.64. The zero-order valence-electron chi connectivity index (χ0n) is 12.0. The Labute approximate surface area is 129 Å². The van der Waals surface area contributed by atoms with Gasteiger partial charge in [-0.1, -0.05) is 12.1 Å². The van der Waals surface area contributed by atoms with Crippen LogP contribution in [0.4, 0.5) is 0 Å². The predicted octanol–water partition coefficient (Wildman–Crippen LogP) is 2.20. The number of rotatable bonds is 3. The van der Waals surface area contributed by atoms with Crippen molar-refractivity contribution in [2.24, 2.45) is 0 Å². The molecule has 0 unspecified atom stereocenters. The summed E-state index contributed by atoms with van der Waals surface area (Å²) in [6.07, 6.45) is 3.91. The third-order valence-corrected chi connectivity index (χ3v) is 3.83. The van der Waals surface area contributed by atoms with Crippen molar-refractivity contribution in [3.05, 3.63) is 40.9 Å². The molecule has 2 N–H and O–H groups in total. The van der Waals surface area contributed by atoms with Crippen molar-refractivity contribution >= 4 is 12.4 Å². The molecule has 2 heterocycles. The Morgan fingerprint density at radius 1 is 1.29 bits per heavy atom. The monoisotopic (exact) mass is 309 g/mol. The van der Waals surface area contributed by atoms with Gasteiger partial charge in [-0.3, -0.25) is 4.57 Å². The Morgan fingerprint density at radius 2 is 2.05 bits per heavy atom. The minimum Gasteiger partial charge on any atom is -0.497 e. The highest BCUT2D eigenvalue weighted by Gasteiger charge is 2.17. The summed E-state index contributed by atoms with van der Waals surface area (Å²) < 4.78 is 7.05. The van der Waals surface area contributed by atoms with Crippen LogP contribution < -0.4 is 15.7 Å². The zero-order chi connectivity index (χ0) is 13.9. The van der Waals surface area contributed by atoms with E-state index < -0.39 is 0 Å². The molecule has 0 spiro atoms. The van der Waals surface area contributed by atoms with Gasteiger partial charge in [-0.15, -0.1) is 12.4 Å². The summed E-state index contributed by atoms with van der Waals surface area (Å²) >= 11 is 0. The van der Waals surface area contributed by atoms with Gasteiger partial charge in [0.15, 0.2) is 0 Å². The molecule has 1 saturated heterocycles. The average molecular weight is 310 g/mol. The Kier molecular flexibility index (Phi) is 5.09. The van der Waals surface area contributed by atoms with Crippen molar-refractivity contribution in [2.75, 3.05) is 20.2 Å². The van der Waals surface area contributed by atoms with Crippen molar-refractivity contribution in [1.29, 1.82) is 0 Å². The summed E-state index contributed by atoms with van der Waals surface area (Å²) in [4.78, 5) is 15.1. The normalized spacial score (nSPS) is 15.5. The molecule has 1 aliphatic heterocycles. The lowest BCUT2D eigenvalue weighted by atomic mass is 10.1. The summed E-state index contributed by atoms with van der Waals surface area (Å²) in [6.45, 7) is 1.94. The first-order valence-electron chi connectivity index (χ1n) is 6.94. The predicted molar refractivity (Wildman–Crippen MR) is 85.4 cm³/mol. The maximum absolute atomic E-state index is 12.1. The largest absolute Gasteiger partial charge is 0.497 e. The zero-order valence-corrected chi connectivity index (χ0v) is 12.8. The number of nitrogens with one attached hydrogen (secondary N) is 2. The number of benzene rings is 1. The molecule has 1 aromatic carbocycles. The molecule has 0 saturated carbocycles. The van der Waals surface area contributed by atoms with Crippen molar-refractivity contribution < 1.29 is 4.74 Å². The second-order valence-electron chi connectivity index (χ2n) is 5.09. The second-order valence-corrected chi connectivity index (χ2v) is 5.09.